The zero-order valence-corrected chi connectivity index (χ0v) is 70.9. The molecule has 0 N–H and O–H groups in total. The fourth-order valence-electron chi connectivity index (χ4n) is 17.5. The van der Waals surface area contributed by atoms with Crippen LogP contribution in [-0.4, -0.2) is 44.9 Å². The first-order chi connectivity index (χ1) is 66.6. The van der Waals surface area contributed by atoms with Crippen LogP contribution in [0.15, 0.2) is 358 Å². The summed E-state index contributed by atoms with van der Waals surface area (Å²) in [5.74, 6) is -14.2. The first-order valence-corrected chi connectivity index (χ1v) is 42.6. The van der Waals surface area contributed by atoms with E-state index < -0.39 is 52.1 Å². The van der Waals surface area contributed by atoms with Crippen LogP contribution in [0.5, 0.6) is 0 Å². The average Bonchev–Trinajstić information content (AvgIpc) is 0.730. The summed E-state index contributed by atoms with van der Waals surface area (Å²) in [5, 5.41) is 16.3. The Labute approximate surface area is 769 Å². The Balaban J connectivity index is 0.000000123. The summed E-state index contributed by atoms with van der Waals surface area (Å²) in [4.78, 5) is 57.7. The second-order valence-corrected chi connectivity index (χ2v) is 31.8. The van der Waals surface area contributed by atoms with Gasteiger partial charge in [-0.1, -0.05) is 285 Å². The van der Waals surface area contributed by atoms with Crippen molar-refractivity contribution in [2.75, 3.05) is 0 Å². The van der Waals surface area contributed by atoms with E-state index in [0.717, 1.165) is 100 Å². The fraction of sp³-hybridized carbons (Fsp3) is 0. The van der Waals surface area contributed by atoms with Crippen molar-refractivity contribution >= 4 is 115 Å². The van der Waals surface area contributed by atoms with Gasteiger partial charge in [-0.15, -0.1) is 0 Å². The third-order valence-corrected chi connectivity index (χ3v) is 23.8. The Morgan fingerprint density at radius 3 is 0.779 bits per heavy atom. The van der Waals surface area contributed by atoms with Gasteiger partial charge in [0.15, 0.2) is 40.7 Å². The molecular formula is C115H59F8N13. The zero-order chi connectivity index (χ0) is 92.9. The van der Waals surface area contributed by atoms with Crippen molar-refractivity contribution in [3.05, 3.63) is 444 Å². The SMILES string of the molecule is [C-]#[N+]c1cc2c(-c3cccc(-c4c(F)c(F)c(F)c(F)c4F)c3)nc3ccccc3c2c2nc(-c3ccccc3)c(-c3ccccc3)nc12.[C-]#[N+]c1cc2c(-c3cccc(-c4cc(F)c(F)c(F)c4)c3)nc3ccccc3c2c2nc(-c3ccccc3)c(-c3ccccc3)nc12.[C-]#[N+]c1cc2c(-c3cccc(C#N)c3)nc3ccccc3c2c2nc(-c3ccccc3)c(-c3ccccc3)nc12. The van der Waals surface area contributed by atoms with Gasteiger partial charge in [0.1, 0.15) is 0 Å². The summed E-state index contributed by atoms with van der Waals surface area (Å²) < 4.78 is 114. The van der Waals surface area contributed by atoms with Crippen molar-refractivity contribution in [1.29, 1.82) is 5.26 Å². The van der Waals surface area contributed by atoms with E-state index in [4.69, 9.17) is 64.6 Å². The number of rotatable bonds is 11. The van der Waals surface area contributed by atoms with Crippen LogP contribution in [0, 0.1) is 77.6 Å². The third kappa shape index (κ3) is 15.0. The number of hydrogen-bond acceptors (Lipinski definition) is 10. The molecule has 0 bridgehead atoms. The van der Waals surface area contributed by atoms with Crippen LogP contribution in [0.25, 0.3) is 236 Å². The van der Waals surface area contributed by atoms with Crippen molar-refractivity contribution in [2.45, 2.75) is 0 Å². The van der Waals surface area contributed by atoms with Gasteiger partial charge in [0.25, 0.3) is 0 Å². The highest BCUT2D eigenvalue weighted by Crippen LogP contribution is 2.49. The number of para-hydroxylation sites is 3. The predicted molar refractivity (Wildman–Crippen MR) is 520 cm³/mol. The fourth-order valence-corrected chi connectivity index (χ4v) is 17.5. The standard InChI is InChI=1S/C40H19F5N4.C40H21F3N4.C35H19N5/c1-46-28-20-26-30(40-39(28)48-37(21-11-4-2-5-12-21)38(49-40)22-13-6-3-7-14-22)25-17-8-9-18-27(25)47-36(26)24-16-10-15-23(19-24)29-31(41)33(43)35(45)34(44)32(29)42;1-44-33-22-29-34(40-39(33)46-37(23-11-4-2-5-12-23)38(47-40)24-13-6-3-7-14-24)28-17-8-9-18-32(28)45-36(29)26-16-10-15-25(19-26)27-20-30(41)35(43)31(42)21-27;1-37-29-20-27-30(26-17-8-9-18-28(26)38-31(27)25-16-10-11-22(19-25)21-36)35-34(29)39-32(23-12-4-2-5-13-23)33(40-35)24-14-6-3-7-15-24/h2-20H;2-22H;2-20H. The normalized spacial score (nSPS) is 11.2. The Morgan fingerprint density at radius 1 is 0.206 bits per heavy atom. The number of aromatic nitrogens is 9. The van der Waals surface area contributed by atoms with Crippen molar-refractivity contribution in [1.82, 2.24) is 44.9 Å². The van der Waals surface area contributed by atoms with Crippen LogP contribution in [-0.2, 0) is 0 Å². The third-order valence-electron chi connectivity index (χ3n) is 23.8. The van der Waals surface area contributed by atoms with Gasteiger partial charge in [0.2, 0.25) is 22.9 Å². The molecule has 0 aliphatic heterocycles. The van der Waals surface area contributed by atoms with E-state index in [0.29, 0.717) is 134 Å². The number of fused-ring (bicyclic) bond motifs is 15. The number of nitrogens with zero attached hydrogens (tertiary/aromatic N) is 13. The summed E-state index contributed by atoms with van der Waals surface area (Å²) in [6, 6.07) is 111. The Morgan fingerprint density at radius 2 is 0.463 bits per heavy atom. The summed E-state index contributed by atoms with van der Waals surface area (Å²) in [7, 11) is 0. The molecule has 0 saturated carbocycles. The second kappa shape index (κ2) is 35.2. The van der Waals surface area contributed by atoms with Crippen LogP contribution in [0.2, 0.25) is 0 Å². The quantitative estimate of drug-likeness (QED) is 0.0402. The van der Waals surface area contributed by atoms with Gasteiger partial charge in [-0.25, -0.2) is 79.6 Å². The van der Waals surface area contributed by atoms with E-state index in [1.807, 2.05) is 273 Å². The summed E-state index contributed by atoms with van der Waals surface area (Å²) in [6.07, 6.45) is 0. The molecule has 0 radical (unpaired) electrons. The summed E-state index contributed by atoms with van der Waals surface area (Å²) in [5.41, 5.74) is 18.6. The zero-order valence-electron chi connectivity index (χ0n) is 70.9. The van der Waals surface area contributed by atoms with Crippen LogP contribution < -0.4 is 0 Å². The highest BCUT2D eigenvalue weighted by molar-refractivity contribution is 6.27. The van der Waals surface area contributed by atoms with E-state index >= 15 is 0 Å². The second-order valence-electron chi connectivity index (χ2n) is 31.8. The Hall–Kier alpha value is -18.8. The molecule has 0 saturated heterocycles. The van der Waals surface area contributed by atoms with E-state index in [1.165, 1.54) is 18.2 Å². The summed E-state index contributed by atoms with van der Waals surface area (Å²) >= 11 is 0. The van der Waals surface area contributed by atoms with E-state index in [1.54, 1.807) is 54.6 Å². The highest BCUT2D eigenvalue weighted by Gasteiger charge is 2.31. The molecule has 640 valence electrons. The Bertz CT molecular complexity index is 9020. The molecule has 23 rings (SSSR count). The van der Waals surface area contributed by atoms with Crippen molar-refractivity contribution in [2.24, 2.45) is 0 Å². The molecule has 0 atom stereocenters. The molecule has 136 heavy (non-hydrogen) atoms. The van der Waals surface area contributed by atoms with Gasteiger partial charge in [-0.2, -0.15) is 5.26 Å². The van der Waals surface area contributed by atoms with Crippen molar-refractivity contribution in [3.8, 4) is 130 Å². The number of halogens is 8. The summed E-state index contributed by atoms with van der Waals surface area (Å²) in [6.45, 7) is 24.4. The van der Waals surface area contributed by atoms with Crippen LogP contribution in [0.4, 0.5) is 52.2 Å². The average molecular weight is 1770 g/mol. The lowest BCUT2D eigenvalue weighted by Gasteiger charge is -2.16. The molecule has 6 aromatic heterocycles. The van der Waals surface area contributed by atoms with Crippen LogP contribution in [0.1, 0.15) is 5.56 Å². The molecular weight excluding hydrogens is 1720 g/mol. The van der Waals surface area contributed by atoms with E-state index in [-0.39, 0.29) is 16.8 Å². The van der Waals surface area contributed by atoms with Crippen LogP contribution in [0.3, 0.4) is 0 Å². The number of hydrogen-bond donors (Lipinski definition) is 0. The van der Waals surface area contributed by atoms with Gasteiger partial charge < -0.3 is 0 Å². The molecule has 0 aliphatic carbocycles. The minimum atomic E-state index is -2.23. The van der Waals surface area contributed by atoms with Gasteiger partial charge in [-0.05, 0) is 89.5 Å². The highest BCUT2D eigenvalue weighted by atomic mass is 19.2. The molecule has 0 fully saturated rings. The van der Waals surface area contributed by atoms with Gasteiger partial charge in [0, 0.05) is 98.5 Å². The minimum Gasteiger partial charge on any atom is -0.255 e. The van der Waals surface area contributed by atoms with E-state index in [9.17, 15) is 40.4 Å². The number of pyridine rings is 3. The molecule has 0 unspecified atom stereocenters. The maximum absolute atomic E-state index is 14.9. The molecule has 13 nitrogen and oxygen atoms in total. The number of nitriles is 1. The maximum Gasteiger partial charge on any atom is 0.215 e. The monoisotopic (exact) mass is 1770 g/mol. The smallest absolute Gasteiger partial charge is 0.215 e. The molecule has 17 aromatic carbocycles. The van der Waals surface area contributed by atoms with Gasteiger partial charge >= 0.3 is 0 Å². The lowest BCUT2D eigenvalue weighted by Crippen LogP contribution is -2.04. The van der Waals surface area contributed by atoms with Crippen LogP contribution >= 0.6 is 0 Å². The van der Waals surface area contributed by atoms with Crippen molar-refractivity contribution < 1.29 is 35.1 Å². The molecule has 21 heteroatoms. The first-order valence-electron chi connectivity index (χ1n) is 42.6. The molecule has 0 aliphatic rings. The lowest BCUT2D eigenvalue weighted by atomic mass is 9.95. The molecule has 0 amide bonds. The van der Waals surface area contributed by atoms with Gasteiger partial charge in [-0.3, -0.25) is 15.0 Å². The molecule has 23 aromatic rings. The number of benzene rings is 17. The lowest BCUT2D eigenvalue weighted by molar-refractivity contribution is 0.381. The largest absolute Gasteiger partial charge is 0.255 e. The van der Waals surface area contributed by atoms with E-state index in [2.05, 4.69) is 20.6 Å². The molecule has 0 spiro atoms. The Kier molecular flexibility index (Phi) is 21.8. The predicted octanol–water partition coefficient (Wildman–Crippen LogP) is 31.0. The minimum absolute atomic E-state index is 0.187. The van der Waals surface area contributed by atoms with Crippen molar-refractivity contribution in [3.63, 3.8) is 0 Å². The first kappa shape index (κ1) is 84.0. The topological polar surface area (TPSA) is 153 Å². The van der Waals surface area contributed by atoms with Gasteiger partial charge in [0.05, 0.1) is 138 Å². The molecule has 6 heterocycles. The maximum atomic E-state index is 14.9.